The van der Waals surface area contributed by atoms with Crippen molar-refractivity contribution in [3.05, 3.63) is 0 Å². The first-order valence-electron chi connectivity index (χ1n) is 14.9. The molecule has 2 saturated heterocycles. The molecule has 0 aromatic heterocycles. The van der Waals surface area contributed by atoms with Gasteiger partial charge in [-0.25, -0.2) is 4.39 Å². The number of likely N-dealkylation sites (N-methyl/N-ethyl adjacent to an activating group) is 1. The summed E-state index contributed by atoms with van der Waals surface area (Å²) >= 11 is 0. The van der Waals surface area contributed by atoms with Gasteiger partial charge in [0.05, 0.1) is 19.7 Å². The van der Waals surface area contributed by atoms with E-state index in [-0.39, 0.29) is 31.0 Å². The first-order chi connectivity index (χ1) is 19.4. The van der Waals surface area contributed by atoms with Crippen LogP contribution in [0.5, 0.6) is 0 Å². The number of nitrogens with zero attached hydrogens (tertiary/aromatic N) is 5. The third-order valence-corrected chi connectivity index (χ3v) is 8.90. The predicted molar refractivity (Wildman–Crippen MR) is 146 cm³/mol. The van der Waals surface area contributed by atoms with Crippen molar-refractivity contribution in [1.29, 1.82) is 0 Å². The zero-order valence-electron chi connectivity index (χ0n) is 23.9. The molecule has 2 bridgehead atoms. The van der Waals surface area contributed by atoms with Gasteiger partial charge in [-0.2, -0.15) is 14.6 Å². The highest BCUT2D eigenvalue weighted by Crippen LogP contribution is 2.37. The second-order valence-corrected chi connectivity index (χ2v) is 11.4. The zero-order chi connectivity index (χ0) is 28.5. The fourth-order valence-electron chi connectivity index (χ4n) is 6.67. The topological polar surface area (TPSA) is 96.3 Å². The van der Waals surface area contributed by atoms with Crippen molar-refractivity contribution < 1.29 is 32.6 Å². The van der Waals surface area contributed by atoms with Gasteiger partial charge < -0.3 is 19.1 Å². The van der Waals surface area contributed by atoms with E-state index in [0.29, 0.717) is 38.6 Å². The van der Waals surface area contributed by atoms with E-state index in [4.69, 9.17) is 19.3 Å². The van der Waals surface area contributed by atoms with E-state index in [1.54, 1.807) is 0 Å². The minimum Gasteiger partial charge on any atom is -0.396 e. The van der Waals surface area contributed by atoms with E-state index in [0.717, 1.165) is 69.6 Å². The summed E-state index contributed by atoms with van der Waals surface area (Å²) in [6.45, 7) is 5.41. The van der Waals surface area contributed by atoms with Crippen molar-refractivity contribution in [2.45, 2.75) is 71.4 Å². The van der Waals surface area contributed by atoms with Crippen LogP contribution < -0.4 is 0 Å². The summed E-state index contributed by atoms with van der Waals surface area (Å²) in [5, 5.41) is 9.43. The minimum atomic E-state index is -2.41. The monoisotopic (exact) mass is 567 g/mol. The average Bonchev–Trinajstić information content (AvgIpc) is 2.97. The molecule has 0 amide bonds. The molecule has 3 heterocycles. The van der Waals surface area contributed by atoms with Crippen LogP contribution in [0.1, 0.15) is 58.8 Å². The first kappa shape index (κ1) is 30.9. The van der Waals surface area contributed by atoms with Crippen LogP contribution in [0.25, 0.3) is 0 Å². The van der Waals surface area contributed by atoms with Gasteiger partial charge in [0, 0.05) is 68.4 Å². The average molecular weight is 568 g/mol. The molecule has 0 aromatic carbocycles. The largest absolute Gasteiger partial charge is 0.401 e. The molecule has 226 valence electrons. The van der Waals surface area contributed by atoms with Crippen molar-refractivity contribution in [2.24, 2.45) is 28.0 Å². The van der Waals surface area contributed by atoms with Gasteiger partial charge >= 0.3 is 18.5 Å². The Balaban J connectivity index is 1.58. The molecule has 12 heteroatoms. The smallest absolute Gasteiger partial charge is 0.396 e. The number of halogens is 2. The fraction of sp³-hybridized carbons (Fsp3) is 0.857. The van der Waals surface area contributed by atoms with E-state index in [9.17, 15) is 18.4 Å². The van der Waals surface area contributed by atoms with E-state index in [1.807, 2.05) is 4.90 Å². The number of fused-ring (bicyclic) bond motifs is 4. The van der Waals surface area contributed by atoms with Crippen LogP contribution in [0.15, 0.2) is 10.2 Å². The van der Waals surface area contributed by atoms with Crippen LogP contribution in [0.2, 0.25) is 0 Å². The number of alkyl halides is 2. The molecule has 1 saturated carbocycles. The van der Waals surface area contributed by atoms with E-state index < -0.39 is 25.3 Å². The van der Waals surface area contributed by atoms with Crippen molar-refractivity contribution >= 4 is 23.4 Å². The Labute approximate surface area is 236 Å². The highest BCUT2D eigenvalue weighted by Gasteiger charge is 2.38. The number of carbonyl (C=O) groups is 2. The van der Waals surface area contributed by atoms with Gasteiger partial charge in [0.15, 0.2) is 6.86 Å². The summed E-state index contributed by atoms with van der Waals surface area (Å²) < 4.78 is 41.4. The molecular formula is C28H45F2N5O5. The first-order valence-corrected chi connectivity index (χ1v) is 14.9. The molecule has 0 aromatic rings. The lowest BCUT2D eigenvalue weighted by Gasteiger charge is -2.38. The highest BCUT2D eigenvalue weighted by molar-refractivity contribution is 5.98. The van der Waals surface area contributed by atoms with Crippen molar-refractivity contribution in [3.63, 3.8) is 0 Å². The highest BCUT2D eigenvalue weighted by atomic mass is 18.2. The SMILES string of the molecule is CCC1=NN=C(CC2CN3CCN(CC)CCN2CC(=O)OC([18F])OC(=O)C3)C2CCCC(COC[18F])CCC12. The molecule has 0 N–H and O–H groups in total. The van der Waals surface area contributed by atoms with Crippen LogP contribution in [0, 0.1) is 17.8 Å². The Morgan fingerprint density at radius 1 is 0.925 bits per heavy atom. The Morgan fingerprint density at radius 3 is 2.40 bits per heavy atom. The number of rotatable bonds is 7. The number of esters is 2. The zero-order valence-corrected chi connectivity index (χ0v) is 23.9. The summed E-state index contributed by atoms with van der Waals surface area (Å²) in [6, 6.07) is -0.137. The Hall–Kier alpha value is -2.02. The molecule has 10 nitrogen and oxygen atoms in total. The van der Waals surface area contributed by atoms with Gasteiger partial charge in [0.25, 0.3) is 0 Å². The maximum absolute atomic E-state index is 14.1. The van der Waals surface area contributed by atoms with Gasteiger partial charge in [-0.05, 0) is 44.6 Å². The molecule has 0 spiro atoms. The third kappa shape index (κ3) is 8.50. The lowest BCUT2D eigenvalue weighted by molar-refractivity contribution is -0.219. The van der Waals surface area contributed by atoms with E-state index in [1.165, 1.54) is 0 Å². The molecule has 3 fully saturated rings. The maximum atomic E-state index is 14.1. The van der Waals surface area contributed by atoms with Crippen molar-refractivity contribution in [1.82, 2.24) is 14.7 Å². The van der Waals surface area contributed by atoms with Crippen molar-refractivity contribution in [3.8, 4) is 0 Å². The van der Waals surface area contributed by atoms with Gasteiger partial charge in [-0.15, -0.1) is 0 Å². The minimum absolute atomic E-state index is 0.0845. The molecule has 3 aliphatic heterocycles. The van der Waals surface area contributed by atoms with E-state index >= 15 is 0 Å². The summed E-state index contributed by atoms with van der Waals surface area (Å²) in [5.41, 5.74) is 2.13. The van der Waals surface area contributed by atoms with Crippen LogP contribution in [0.3, 0.4) is 0 Å². The molecule has 7 atom stereocenters. The second-order valence-electron chi connectivity index (χ2n) is 11.4. The number of cyclic esters (lactones) is 2. The molecule has 0 radical (unpaired) electrons. The van der Waals surface area contributed by atoms with Gasteiger partial charge in [-0.1, -0.05) is 20.3 Å². The standard InChI is InChI=1S/C28H45F2N5O5/c1-3-24-23-9-8-20(18-38-19-29)6-5-7-22(23)25(32-31-24)14-21-15-34-11-10-33(4-2)12-13-35(21)17-27(37)40-28(30)39-26(36)16-34/h20-23,28H,3-19H2,1-2H3/i29-1,30-1. The summed E-state index contributed by atoms with van der Waals surface area (Å²) in [7, 11) is 0. The Bertz CT molecular complexity index is 922. The summed E-state index contributed by atoms with van der Waals surface area (Å²) in [6.07, 6.45) is 6.30. The Kier molecular flexibility index (Phi) is 11.8. The third-order valence-electron chi connectivity index (χ3n) is 8.90. The molecular weight excluding hydrogens is 522 g/mol. The number of ether oxygens (including phenoxy) is 3. The fourth-order valence-corrected chi connectivity index (χ4v) is 6.67. The van der Waals surface area contributed by atoms with Gasteiger partial charge in [0.2, 0.25) is 0 Å². The van der Waals surface area contributed by atoms with E-state index in [2.05, 4.69) is 28.7 Å². The maximum Gasteiger partial charge on any atom is 0.401 e. The Morgan fingerprint density at radius 2 is 1.65 bits per heavy atom. The number of hydrogen-bond donors (Lipinski definition) is 0. The normalized spacial score (nSPS) is 34.9. The lowest BCUT2D eigenvalue weighted by atomic mass is 9.72. The lowest BCUT2D eigenvalue weighted by Crippen LogP contribution is -2.49. The number of carbonyl (C=O) groups excluding carboxylic acids is 2. The molecule has 40 heavy (non-hydrogen) atoms. The van der Waals surface area contributed by atoms with Gasteiger partial charge in [-0.3, -0.25) is 19.4 Å². The number of hydrogen-bond acceptors (Lipinski definition) is 10. The van der Waals surface area contributed by atoms with Crippen LogP contribution in [-0.4, -0.2) is 116 Å². The predicted octanol–water partition coefficient (Wildman–Crippen LogP) is 3.01. The molecule has 7 unspecified atom stereocenters. The van der Waals surface area contributed by atoms with Crippen molar-refractivity contribution in [2.75, 3.05) is 65.8 Å². The molecule has 4 aliphatic rings. The molecule has 4 rings (SSSR count). The molecule has 1 aliphatic carbocycles. The second kappa shape index (κ2) is 15.3. The van der Waals surface area contributed by atoms with Crippen LogP contribution in [-0.2, 0) is 23.8 Å². The van der Waals surface area contributed by atoms with Gasteiger partial charge in [0.1, 0.15) is 0 Å². The summed E-state index contributed by atoms with van der Waals surface area (Å²) in [4.78, 5) is 31.5. The summed E-state index contributed by atoms with van der Waals surface area (Å²) in [5.74, 6) is -0.655. The van der Waals surface area contributed by atoms with Crippen LogP contribution >= 0.6 is 0 Å². The van der Waals surface area contributed by atoms with Crippen LogP contribution in [0.4, 0.5) is 8.78 Å². The quantitative estimate of drug-likeness (QED) is 0.434.